The zero-order valence-electron chi connectivity index (χ0n) is 9.56. The number of carbonyl (C=O) groups is 1. The first-order chi connectivity index (χ1) is 7.55. The van der Waals surface area contributed by atoms with Gasteiger partial charge in [0.15, 0.2) is 19.9 Å². The average molecular weight is 280 g/mol. The fraction of sp³-hybridized carbons (Fsp3) is 0.444. The molecule has 0 bridgehead atoms. The highest BCUT2D eigenvalue weighted by molar-refractivity contribution is 7.93. The Morgan fingerprint density at radius 2 is 2.18 bits per heavy atom. The Morgan fingerprint density at radius 3 is 2.53 bits per heavy atom. The van der Waals surface area contributed by atoms with Gasteiger partial charge in [-0.25, -0.2) is 13.7 Å². The molecule has 8 heteroatoms. The maximum absolute atomic E-state index is 13.9. The van der Waals surface area contributed by atoms with Crippen LogP contribution in [0.1, 0.15) is 26.3 Å². The predicted octanol–water partition coefficient (Wildman–Crippen LogP) is 1.36. The van der Waals surface area contributed by atoms with Crippen molar-refractivity contribution in [1.82, 2.24) is 0 Å². The maximum atomic E-state index is 13.9. The van der Waals surface area contributed by atoms with Crippen molar-refractivity contribution in [3.63, 3.8) is 0 Å². The number of aliphatic hydroxyl groups is 1. The fourth-order valence-corrected chi connectivity index (χ4v) is 3.64. The highest BCUT2D eigenvalue weighted by Gasteiger charge is 2.28. The normalized spacial score (nSPS) is 15.4. The zero-order chi connectivity index (χ0) is 13.4. The van der Waals surface area contributed by atoms with Crippen molar-refractivity contribution in [1.29, 1.82) is 0 Å². The van der Waals surface area contributed by atoms with E-state index < -0.39 is 27.2 Å². The lowest BCUT2D eigenvalue weighted by Gasteiger charge is -2.15. The molecular weight excluding hydrogens is 267 g/mol. The molecule has 0 radical (unpaired) electrons. The van der Waals surface area contributed by atoms with E-state index in [-0.39, 0.29) is 9.77 Å². The number of halogens is 1. The SMILES string of the molecule is CC(=O)N=S(N)(=O)c1scc(C(C)(C)O)c1F. The van der Waals surface area contributed by atoms with E-state index >= 15 is 0 Å². The summed E-state index contributed by atoms with van der Waals surface area (Å²) in [5, 5.41) is 16.3. The van der Waals surface area contributed by atoms with Gasteiger partial charge in [0.2, 0.25) is 0 Å². The second kappa shape index (κ2) is 4.45. The lowest BCUT2D eigenvalue weighted by Crippen LogP contribution is -2.18. The van der Waals surface area contributed by atoms with Crippen molar-refractivity contribution in [2.75, 3.05) is 0 Å². The van der Waals surface area contributed by atoms with E-state index in [1.54, 1.807) is 0 Å². The number of rotatable bonds is 2. The van der Waals surface area contributed by atoms with Gasteiger partial charge in [-0.15, -0.1) is 15.7 Å². The van der Waals surface area contributed by atoms with Crippen LogP contribution in [-0.2, 0) is 20.3 Å². The number of nitrogens with two attached hydrogens (primary N) is 1. The summed E-state index contributed by atoms with van der Waals surface area (Å²) in [4.78, 5) is 10.8. The first kappa shape index (κ1) is 14.2. The number of hydrogen-bond acceptors (Lipinski definition) is 4. The summed E-state index contributed by atoms with van der Waals surface area (Å²) in [5.74, 6) is -1.62. The van der Waals surface area contributed by atoms with Gasteiger partial charge < -0.3 is 5.11 Å². The Morgan fingerprint density at radius 1 is 1.65 bits per heavy atom. The molecule has 1 amide bonds. The second-order valence-electron chi connectivity index (χ2n) is 3.99. The van der Waals surface area contributed by atoms with E-state index in [2.05, 4.69) is 4.36 Å². The van der Waals surface area contributed by atoms with Gasteiger partial charge in [0.25, 0.3) is 5.91 Å². The van der Waals surface area contributed by atoms with Crippen LogP contribution in [0, 0.1) is 5.82 Å². The molecule has 0 aliphatic heterocycles. The molecular formula is C9H13FN2O3S2. The summed E-state index contributed by atoms with van der Waals surface area (Å²) in [7, 11) is -3.57. The van der Waals surface area contributed by atoms with E-state index in [4.69, 9.17) is 5.14 Å². The second-order valence-corrected chi connectivity index (χ2v) is 6.85. The van der Waals surface area contributed by atoms with Crippen LogP contribution in [0.4, 0.5) is 4.39 Å². The summed E-state index contributed by atoms with van der Waals surface area (Å²) in [6, 6.07) is 0. The smallest absolute Gasteiger partial charge is 0.251 e. The summed E-state index contributed by atoms with van der Waals surface area (Å²) < 4.78 is 28.6. The molecule has 0 aliphatic carbocycles. The van der Waals surface area contributed by atoms with Gasteiger partial charge in [-0.3, -0.25) is 4.79 Å². The Bertz CT molecular complexity index is 565. The summed E-state index contributed by atoms with van der Waals surface area (Å²) >= 11 is 0.771. The Hall–Kier alpha value is -0.830. The van der Waals surface area contributed by atoms with Gasteiger partial charge >= 0.3 is 0 Å². The zero-order valence-corrected chi connectivity index (χ0v) is 11.2. The third-order valence-electron chi connectivity index (χ3n) is 1.89. The van der Waals surface area contributed by atoms with Crippen LogP contribution in [-0.4, -0.2) is 15.2 Å². The lowest BCUT2D eigenvalue weighted by atomic mass is 10.0. The molecule has 1 heterocycles. The molecule has 0 saturated heterocycles. The molecule has 0 aliphatic rings. The van der Waals surface area contributed by atoms with E-state index in [9.17, 15) is 18.5 Å². The molecule has 0 spiro atoms. The van der Waals surface area contributed by atoms with E-state index in [0.29, 0.717) is 0 Å². The molecule has 0 fully saturated rings. The molecule has 1 rings (SSSR count). The summed E-state index contributed by atoms with van der Waals surface area (Å²) in [5.41, 5.74) is -1.43. The number of amides is 1. The van der Waals surface area contributed by atoms with Crippen molar-refractivity contribution in [2.24, 2.45) is 9.50 Å². The fourth-order valence-electron chi connectivity index (χ4n) is 1.17. The molecule has 96 valence electrons. The van der Waals surface area contributed by atoms with Crippen molar-refractivity contribution < 1.29 is 18.5 Å². The number of hydrogen-bond donors (Lipinski definition) is 2. The number of thiophene rings is 1. The monoisotopic (exact) mass is 280 g/mol. The van der Waals surface area contributed by atoms with Crippen molar-refractivity contribution in [3.05, 3.63) is 16.8 Å². The highest BCUT2D eigenvalue weighted by atomic mass is 32.2. The standard InChI is InChI=1S/C9H13FN2O3S2/c1-5(13)12-17(11,15)8-7(10)6(4-16-8)9(2,3)14/h4,14H,1-3H3,(H2,11,12,13,15). The van der Waals surface area contributed by atoms with Crippen molar-refractivity contribution in [3.8, 4) is 0 Å². The molecule has 1 unspecified atom stereocenters. The largest absolute Gasteiger partial charge is 0.386 e. The number of carbonyl (C=O) groups excluding carboxylic acids is 1. The molecule has 5 nitrogen and oxygen atoms in total. The molecule has 0 saturated carbocycles. The quantitative estimate of drug-likeness (QED) is 0.856. The summed E-state index contributed by atoms with van der Waals surface area (Å²) in [6.45, 7) is 3.86. The van der Waals surface area contributed by atoms with Gasteiger partial charge in [-0.1, -0.05) is 0 Å². The molecule has 1 aromatic rings. The molecule has 1 aromatic heterocycles. The Balaban J connectivity index is 3.43. The van der Waals surface area contributed by atoms with Gasteiger partial charge in [-0.05, 0) is 13.8 Å². The first-order valence-corrected chi connectivity index (χ1v) is 7.07. The molecule has 0 aromatic carbocycles. The minimum absolute atomic E-state index is 0.0190. The van der Waals surface area contributed by atoms with Crippen LogP contribution >= 0.6 is 11.3 Å². The molecule has 1 atom stereocenters. The molecule has 17 heavy (non-hydrogen) atoms. The third kappa shape index (κ3) is 3.09. The van der Waals surface area contributed by atoms with Crippen LogP contribution in [0.15, 0.2) is 14.0 Å². The minimum Gasteiger partial charge on any atom is -0.386 e. The van der Waals surface area contributed by atoms with Crippen LogP contribution in [0.5, 0.6) is 0 Å². The van der Waals surface area contributed by atoms with Crippen LogP contribution in [0.2, 0.25) is 0 Å². The Labute approximate surface area is 103 Å². The van der Waals surface area contributed by atoms with Crippen LogP contribution < -0.4 is 5.14 Å². The van der Waals surface area contributed by atoms with Gasteiger partial charge in [-0.2, -0.15) is 0 Å². The van der Waals surface area contributed by atoms with Crippen LogP contribution in [0.25, 0.3) is 0 Å². The van der Waals surface area contributed by atoms with Crippen molar-refractivity contribution in [2.45, 2.75) is 30.6 Å². The highest BCUT2D eigenvalue weighted by Crippen LogP contribution is 2.32. The summed E-state index contributed by atoms with van der Waals surface area (Å²) in [6.07, 6.45) is 0. The maximum Gasteiger partial charge on any atom is 0.251 e. The van der Waals surface area contributed by atoms with E-state index in [1.165, 1.54) is 19.2 Å². The number of nitrogens with zero attached hydrogens (tertiary/aromatic N) is 1. The Kier molecular flexibility index (Phi) is 3.72. The average Bonchev–Trinajstić information content (AvgIpc) is 2.43. The van der Waals surface area contributed by atoms with Crippen molar-refractivity contribution >= 4 is 27.2 Å². The van der Waals surface area contributed by atoms with Gasteiger partial charge in [0, 0.05) is 17.9 Å². The van der Waals surface area contributed by atoms with Gasteiger partial charge in [0.05, 0.1) is 5.60 Å². The minimum atomic E-state index is -3.57. The van der Waals surface area contributed by atoms with E-state index in [1.807, 2.05) is 0 Å². The molecule has 3 N–H and O–H groups in total. The predicted molar refractivity (Wildman–Crippen MR) is 63.2 cm³/mol. The van der Waals surface area contributed by atoms with Gasteiger partial charge in [0.1, 0.15) is 0 Å². The van der Waals surface area contributed by atoms with Crippen LogP contribution in [0.3, 0.4) is 0 Å². The third-order valence-corrected chi connectivity index (χ3v) is 4.88. The topological polar surface area (TPSA) is 92.8 Å². The lowest BCUT2D eigenvalue weighted by molar-refractivity contribution is -0.115. The first-order valence-electron chi connectivity index (χ1n) is 4.61. The van der Waals surface area contributed by atoms with E-state index in [0.717, 1.165) is 18.3 Å².